The smallest absolute Gasteiger partial charge is 0.256 e. The van der Waals surface area contributed by atoms with Gasteiger partial charge in [0.2, 0.25) is 5.91 Å². The lowest BCUT2D eigenvalue weighted by Crippen LogP contribution is -2.37. The van der Waals surface area contributed by atoms with E-state index in [1.165, 1.54) is 12.1 Å². The highest BCUT2D eigenvalue weighted by molar-refractivity contribution is 6.33. The first-order valence-corrected chi connectivity index (χ1v) is 7.51. The minimum atomic E-state index is -0.745. The fourth-order valence-electron chi connectivity index (χ4n) is 2.07. The summed E-state index contributed by atoms with van der Waals surface area (Å²) >= 11 is 5.80. The summed E-state index contributed by atoms with van der Waals surface area (Å²) in [6, 6.07) is 11.2. The van der Waals surface area contributed by atoms with Crippen molar-refractivity contribution in [2.45, 2.75) is 6.54 Å². The Morgan fingerprint density at radius 2 is 1.88 bits per heavy atom. The van der Waals surface area contributed by atoms with Gasteiger partial charge in [0.05, 0.1) is 24.2 Å². The number of ether oxygens (including phenoxy) is 1. The van der Waals surface area contributed by atoms with Crippen LogP contribution in [0.5, 0.6) is 5.75 Å². The first-order chi connectivity index (χ1) is 11.5. The molecule has 2 aromatic rings. The minimum absolute atomic E-state index is 0.0121. The third kappa shape index (κ3) is 4.45. The molecule has 0 bridgehead atoms. The molecule has 0 atom stereocenters. The molecule has 0 aliphatic heterocycles. The Morgan fingerprint density at radius 1 is 1.12 bits per heavy atom. The average Bonchev–Trinajstić information content (AvgIpc) is 2.58. The zero-order chi connectivity index (χ0) is 17.5. The van der Waals surface area contributed by atoms with E-state index in [0.717, 1.165) is 11.6 Å². The highest BCUT2D eigenvalue weighted by Crippen LogP contribution is 2.18. The molecule has 0 saturated heterocycles. The molecular formula is C17H16ClFN2O3. The second-order valence-corrected chi connectivity index (χ2v) is 5.28. The lowest BCUT2D eigenvalue weighted by Gasteiger charge is -2.10. The van der Waals surface area contributed by atoms with E-state index < -0.39 is 17.6 Å². The van der Waals surface area contributed by atoms with E-state index in [1.807, 2.05) is 18.2 Å². The van der Waals surface area contributed by atoms with Crippen LogP contribution in [0.1, 0.15) is 15.9 Å². The summed E-state index contributed by atoms with van der Waals surface area (Å²) in [4.78, 5) is 23.8. The Balaban J connectivity index is 1.88. The van der Waals surface area contributed by atoms with Gasteiger partial charge in [-0.05, 0) is 18.2 Å². The monoisotopic (exact) mass is 350 g/mol. The molecule has 2 rings (SSSR count). The minimum Gasteiger partial charge on any atom is -0.496 e. The number of carbonyl (C=O) groups excluding carboxylic acids is 2. The Kier molecular flexibility index (Phi) is 6.14. The van der Waals surface area contributed by atoms with Crippen molar-refractivity contribution < 1.29 is 18.7 Å². The van der Waals surface area contributed by atoms with Crippen LogP contribution in [0.2, 0.25) is 5.02 Å². The normalized spacial score (nSPS) is 10.1. The van der Waals surface area contributed by atoms with Gasteiger partial charge in [-0.15, -0.1) is 0 Å². The molecular weight excluding hydrogens is 335 g/mol. The third-order valence-electron chi connectivity index (χ3n) is 3.27. The highest BCUT2D eigenvalue weighted by atomic mass is 35.5. The number of halogens is 2. The maximum Gasteiger partial charge on any atom is 0.256 e. The van der Waals surface area contributed by atoms with Crippen molar-refractivity contribution in [3.8, 4) is 5.75 Å². The van der Waals surface area contributed by atoms with Gasteiger partial charge in [-0.25, -0.2) is 4.39 Å². The molecule has 0 aliphatic carbocycles. The van der Waals surface area contributed by atoms with Crippen LogP contribution in [0.4, 0.5) is 4.39 Å². The molecule has 0 spiro atoms. The lowest BCUT2D eigenvalue weighted by atomic mass is 10.2. The molecule has 0 radical (unpaired) electrons. The average molecular weight is 351 g/mol. The van der Waals surface area contributed by atoms with E-state index in [4.69, 9.17) is 16.3 Å². The molecule has 5 nitrogen and oxygen atoms in total. The van der Waals surface area contributed by atoms with Gasteiger partial charge < -0.3 is 15.4 Å². The number of amides is 2. The van der Waals surface area contributed by atoms with E-state index in [9.17, 15) is 14.0 Å². The first kappa shape index (κ1) is 17.7. The van der Waals surface area contributed by atoms with Crippen LogP contribution in [0.25, 0.3) is 0 Å². The molecule has 2 amide bonds. The SMILES string of the molecule is COc1ccccc1CNC(=O)CNC(=O)c1c(F)cccc1Cl. The summed E-state index contributed by atoms with van der Waals surface area (Å²) in [5.74, 6) is -1.25. The standard InChI is InChI=1S/C17H16ClFN2O3/c1-24-14-8-3-2-5-11(14)9-20-15(22)10-21-17(23)16-12(18)6-4-7-13(16)19/h2-8H,9-10H2,1H3,(H,20,22)(H,21,23). The van der Waals surface area contributed by atoms with Crippen molar-refractivity contribution in [3.63, 3.8) is 0 Å². The highest BCUT2D eigenvalue weighted by Gasteiger charge is 2.16. The number of para-hydroxylation sites is 1. The molecule has 2 N–H and O–H groups in total. The van der Waals surface area contributed by atoms with Gasteiger partial charge in [-0.2, -0.15) is 0 Å². The summed E-state index contributed by atoms with van der Waals surface area (Å²) < 4.78 is 18.8. The van der Waals surface area contributed by atoms with Crippen LogP contribution >= 0.6 is 11.6 Å². The van der Waals surface area contributed by atoms with Crippen LogP contribution in [-0.2, 0) is 11.3 Å². The fourth-order valence-corrected chi connectivity index (χ4v) is 2.32. The Labute approximate surface area is 143 Å². The van der Waals surface area contributed by atoms with Crippen molar-refractivity contribution in [1.82, 2.24) is 10.6 Å². The molecule has 0 fully saturated rings. The van der Waals surface area contributed by atoms with Gasteiger partial charge in [0, 0.05) is 12.1 Å². The zero-order valence-electron chi connectivity index (χ0n) is 12.9. The number of hydrogen-bond donors (Lipinski definition) is 2. The zero-order valence-corrected chi connectivity index (χ0v) is 13.7. The number of benzene rings is 2. The molecule has 0 saturated carbocycles. The van der Waals surface area contributed by atoms with E-state index in [1.54, 1.807) is 13.2 Å². The molecule has 0 heterocycles. The summed E-state index contributed by atoms with van der Waals surface area (Å²) in [6.07, 6.45) is 0. The van der Waals surface area contributed by atoms with Gasteiger partial charge in [0.1, 0.15) is 11.6 Å². The van der Waals surface area contributed by atoms with E-state index in [2.05, 4.69) is 10.6 Å². The Bertz CT molecular complexity index is 732. The molecule has 0 unspecified atom stereocenters. The van der Waals surface area contributed by atoms with E-state index in [-0.39, 0.29) is 23.7 Å². The van der Waals surface area contributed by atoms with E-state index >= 15 is 0 Å². The maximum atomic E-state index is 13.6. The van der Waals surface area contributed by atoms with Crippen molar-refractivity contribution in [3.05, 3.63) is 64.4 Å². The third-order valence-corrected chi connectivity index (χ3v) is 3.58. The Hall–Kier alpha value is -2.60. The van der Waals surface area contributed by atoms with Gasteiger partial charge >= 0.3 is 0 Å². The summed E-state index contributed by atoms with van der Waals surface area (Å²) in [6.45, 7) is -0.0438. The summed E-state index contributed by atoms with van der Waals surface area (Å²) in [5.41, 5.74) is 0.522. The van der Waals surface area contributed by atoms with Gasteiger partial charge in [-0.3, -0.25) is 9.59 Å². The van der Waals surface area contributed by atoms with Gasteiger partial charge in [-0.1, -0.05) is 35.9 Å². The predicted octanol–water partition coefficient (Wildman–Crippen LogP) is 2.53. The number of methoxy groups -OCH3 is 1. The van der Waals surface area contributed by atoms with Crippen LogP contribution in [-0.4, -0.2) is 25.5 Å². The van der Waals surface area contributed by atoms with Crippen molar-refractivity contribution >= 4 is 23.4 Å². The number of rotatable bonds is 6. The van der Waals surface area contributed by atoms with Crippen LogP contribution in [0, 0.1) is 5.82 Å². The fraction of sp³-hybridized carbons (Fsp3) is 0.176. The molecule has 0 aliphatic rings. The molecule has 24 heavy (non-hydrogen) atoms. The van der Waals surface area contributed by atoms with Crippen LogP contribution in [0.15, 0.2) is 42.5 Å². The van der Waals surface area contributed by atoms with E-state index in [0.29, 0.717) is 5.75 Å². The summed E-state index contributed by atoms with van der Waals surface area (Å²) in [5, 5.41) is 4.98. The topological polar surface area (TPSA) is 67.4 Å². The maximum absolute atomic E-state index is 13.6. The number of nitrogens with one attached hydrogen (secondary N) is 2. The van der Waals surface area contributed by atoms with Crippen LogP contribution < -0.4 is 15.4 Å². The second-order valence-electron chi connectivity index (χ2n) is 4.87. The molecule has 126 valence electrons. The van der Waals surface area contributed by atoms with Crippen molar-refractivity contribution in [2.24, 2.45) is 0 Å². The molecule has 0 aromatic heterocycles. The Morgan fingerprint density at radius 3 is 2.58 bits per heavy atom. The van der Waals surface area contributed by atoms with Gasteiger partial charge in [0.25, 0.3) is 5.91 Å². The molecule has 7 heteroatoms. The predicted molar refractivity (Wildman–Crippen MR) is 88.6 cm³/mol. The number of carbonyl (C=O) groups is 2. The van der Waals surface area contributed by atoms with Crippen LogP contribution in [0.3, 0.4) is 0 Å². The summed E-state index contributed by atoms with van der Waals surface area (Å²) in [7, 11) is 1.54. The quantitative estimate of drug-likeness (QED) is 0.841. The largest absolute Gasteiger partial charge is 0.496 e. The van der Waals surface area contributed by atoms with Gasteiger partial charge in [0.15, 0.2) is 0 Å². The second kappa shape index (κ2) is 8.31. The number of hydrogen-bond acceptors (Lipinski definition) is 3. The lowest BCUT2D eigenvalue weighted by molar-refractivity contribution is -0.120. The van der Waals surface area contributed by atoms with Crippen molar-refractivity contribution in [1.29, 1.82) is 0 Å². The molecule has 2 aromatic carbocycles. The van der Waals surface area contributed by atoms with Crippen molar-refractivity contribution in [2.75, 3.05) is 13.7 Å². The first-order valence-electron chi connectivity index (χ1n) is 7.13.